The third-order valence-corrected chi connectivity index (χ3v) is 2.45. The quantitative estimate of drug-likeness (QED) is 0.733. The highest BCUT2D eigenvalue weighted by atomic mass is 16.2. The number of carbonyl (C=O) groups excluding carboxylic acids is 1. The Balaban J connectivity index is 4.35. The molecular weight excluding hydrogens is 176 g/mol. The van der Waals surface area contributed by atoms with Crippen LogP contribution in [0.25, 0.3) is 0 Å². The summed E-state index contributed by atoms with van der Waals surface area (Å²) in [6.07, 6.45) is 1.09. The number of hydrogen-bond acceptors (Lipinski definition) is 2. The summed E-state index contributed by atoms with van der Waals surface area (Å²) in [6.45, 7) is 11.3. The second-order valence-corrected chi connectivity index (χ2v) is 4.58. The molecule has 3 heteroatoms. The fourth-order valence-electron chi connectivity index (χ4n) is 1.27. The molecule has 14 heavy (non-hydrogen) atoms. The number of hydrogen-bond donors (Lipinski definition) is 1. The second kappa shape index (κ2) is 5.35. The van der Waals surface area contributed by atoms with Gasteiger partial charge in [0, 0.05) is 13.1 Å². The van der Waals surface area contributed by atoms with E-state index in [0.29, 0.717) is 5.92 Å². The fraction of sp³-hybridized carbons (Fsp3) is 0.909. The molecule has 0 saturated carbocycles. The Morgan fingerprint density at radius 1 is 1.43 bits per heavy atom. The van der Waals surface area contributed by atoms with Crippen molar-refractivity contribution in [3.05, 3.63) is 0 Å². The molecule has 3 nitrogen and oxygen atoms in total. The van der Waals surface area contributed by atoms with Crippen molar-refractivity contribution in [2.45, 2.75) is 46.6 Å². The van der Waals surface area contributed by atoms with Crippen LogP contribution in [0.4, 0.5) is 0 Å². The first-order chi connectivity index (χ1) is 6.32. The Morgan fingerprint density at radius 2 is 1.93 bits per heavy atom. The highest BCUT2D eigenvalue weighted by Gasteiger charge is 2.27. The van der Waals surface area contributed by atoms with E-state index in [1.165, 1.54) is 0 Å². The number of likely N-dealkylation sites (N-methyl/N-ethyl adjacent to an activating group) is 1. The summed E-state index contributed by atoms with van der Waals surface area (Å²) in [5, 5.41) is 0. The Morgan fingerprint density at radius 3 is 2.21 bits per heavy atom. The zero-order valence-corrected chi connectivity index (χ0v) is 10.1. The zero-order chi connectivity index (χ0) is 11.4. The van der Waals surface area contributed by atoms with Gasteiger partial charge in [0.15, 0.2) is 0 Å². The van der Waals surface area contributed by atoms with E-state index in [4.69, 9.17) is 5.73 Å². The van der Waals surface area contributed by atoms with Crippen molar-refractivity contribution in [3.8, 4) is 0 Å². The lowest BCUT2D eigenvalue weighted by atomic mass is 10.0. The lowest BCUT2D eigenvalue weighted by Gasteiger charge is -2.30. The minimum Gasteiger partial charge on any atom is -0.341 e. The van der Waals surface area contributed by atoms with Gasteiger partial charge in [-0.25, -0.2) is 0 Å². The van der Waals surface area contributed by atoms with Gasteiger partial charge in [-0.15, -0.1) is 0 Å². The smallest absolute Gasteiger partial charge is 0.242 e. The molecule has 0 aliphatic rings. The van der Waals surface area contributed by atoms with Crippen LogP contribution in [0.1, 0.15) is 41.0 Å². The summed E-state index contributed by atoms with van der Waals surface area (Å²) in [5.41, 5.74) is 5.03. The van der Waals surface area contributed by atoms with Crippen molar-refractivity contribution in [2.75, 3.05) is 13.1 Å². The average Bonchev–Trinajstić information content (AvgIpc) is 2.11. The van der Waals surface area contributed by atoms with Crippen molar-refractivity contribution >= 4 is 5.91 Å². The van der Waals surface area contributed by atoms with Gasteiger partial charge in [-0.1, -0.05) is 20.3 Å². The van der Waals surface area contributed by atoms with Crippen molar-refractivity contribution in [1.82, 2.24) is 4.90 Å². The highest BCUT2D eigenvalue weighted by molar-refractivity contribution is 5.85. The summed E-state index contributed by atoms with van der Waals surface area (Å²) in [7, 11) is 0. The first-order valence-corrected chi connectivity index (χ1v) is 5.41. The molecule has 0 aromatic rings. The molecule has 0 aliphatic heterocycles. The molecule has 0 aromatic carbocycles. The molecule has 0 aromatic heterocycles. The van der Waals surface area contributed by atoms with E-state index in [1.807, 2.05) is 11.8 Å². The molecule has 0 saturated heterocycles. The third kappa shape index (κ3) is 4.09. The van der Waals surface area contributed by atoms with E-state index in [0.717, 1.165) is 19.5 Å². The fourth-order valence-corrected chi connectivity index (χ4v) is 1.27. The predicted molar refractivity (Wildman–Crippen MR) is 60.0 cm³/mol. The maximum Gasteiger partial charge on any atom is 0.242 e. The Labute approximate surface area is 87.6 Å². The zero-order valence-electron chi connectivity index (χ0n) is 10.1. The third-order valence-electron chi connectivity index (χ3n) is 2.45. The van der Waals surface area contributed by atoms with Gasteiger partial charge in [-0.05, 0) is 26.7 Å². The van der Waals surface area contributed by atoms with Crippen molar-refractivity contribution in [3.63, 3.8) is 0 Å². The molecule has 0 aliphatic carbocycles. The van der Waals surface area contributed by atoms with Crippen LogP contribution in [0.15, 0.2) is 0 Å². The maximum atomic E-state index is 11.8. The lowest BCUT2D eigenvalue weighted by Crippen LogP contribution is -2.52. The maximum absolute atomic E-state index is 11.8. The molecule has 0 spiro atoms. The van der Waals surface area contributed by atoms with Gasteiger partial charge in [0.05, 0.1) is 5.54 Å². The van der Waals surface area contributed by atoms with Gasteiger partial charge >= 0.3 is 0 Å². The van der Waals surface area contributed by atoms with Gasteiger partial charge in [-0.2, -0.15) is 0 Å². The van der Waals surface area contributed by atoms with Crippen molar-refractivity contribution in [2.24, 2.45) is 11.7 Å². The largest absolute Gasteiger partial charge is 0.341 e. The van der Waals surface area contributed by atoms with E-state index in [2.05, 4.69) is 13.8 Å². The van der Waals surface area contributed by atoms with E-state index >= 15 is 0 Å². The van der Waals surface area contributed by atoms with Gasteiger partial charge in [-0.3, -0.25) is 4.79 Å². The monoisotopic (exact) mass is 200 g/mol. The van der Waals surface area contributed by atoms with E-state index in [1.54, 1.807) is 13.8 Å². The van der Waals surface area contributed by atoms with Gasteiger partial charge in [0.2, 0.25) is 5.91 Å². The summed E-state index contributed by atoms with van der Waals surface area (Å²) in [6, 6.07) is 0. The molecule has 2 N–H and O–H groups in total. The average molecular weight is 200 g/mol. The summed E-state index contributed by atoms with van der Waals surface area (Å²) >= 11 is 0. The SMILES string of the molecule is CCC(C)CN(CC)C(=O)C(C)(C)N. The lowest BCUT2D eigenvalue weighted by molar-refractivity contribution is -0.136. The van der Waals surface area contributed by atoms with Gasteiger partial charge < -0.3 is 10.6 Å². The highest BCUT2D eigenvalue weighted by Crippen LogP contribution is 2.09. The van der Waals surface area contributed by atoms with Gasteiger partial charge in [0.25, 0.3) is 0 Å². The topological polar surface area (TPSA) is 46.3 Å². The normalized spacial score (nSPS) is 13.9. The number of amides is 1. The molecular formula is C11H24N2O. The molecule has 0 rings (SSSR count). The van der Waals surface area contributed by atoms with Crippen LogP contribution in [0.2, 0.25) is 0 Å². The predicted octanol–water partition coefficient (Wildman–Crippen LogP) is 1.62. The number of nitrogens with zero attached hydrogens (tertiary/aromatic N) is 1. The van der Waals surface area contributed by atoms with Crippen molar-refractivity contribution < 1.29 is 4.79 Å². The molecule has 84 valence electrons. The first kappa shape index (κ1) is 13.4. The van der Waals surface area contributed by atoms with Crippen LogP contribution in [0.3, 0.4) is 0 Å². The number of rotatable bonds is 5. The molecule has 0 heterocycles. The number of carbonyl (C=O) groups is 1. The van der Waals surface area contributed by atoms with Crippen LogP contribution in [0.5, 0.6) is 0 Å². The van der Waals surface area contributed by atoms with Crippen LogP contribution in [0, 0.1) is 5.92 Å². The first-order valence-electron chi connectivity index (χ1n) is 5.41. The second-order valence-electron chi connectivity index (χ2n) is 4.58. The van der Waals surface area contributed by atoms with E-state index in [9.17, 15) is 4.79 Å². The van der Waals surface area contributed by atoms with E-state index < -0.39 is 5.54 Å². The van der Waals surface area contributed by atoms with E-state index in [-0.39, 0.29) is 5.91 Å². The Hall–Kier alpha value is -0.570. The molecule has 1 unspecified atom stereocenters. The van der Waals surface area contributed by atoms with Crippen LogP contribution < -0.4 is 5.73 Å². The summed E-state index contributed by atoms with van der Waals surface area (Å²) in [5.74, 6) is 0.585. The minimum absolute atomic E-state index is 0.0419. The van der Waals surface area contributed by atoms with Crippen molar-refractivity contribution in [1.29, 1.82) is 0 Å². The Bertz CT molecular complexity index is 184. The van der Waals surface area contributed by atoms with Crippen LogP contribution in [-0.2, 0) is 4.79 Å². The number of nitrogens with two attached hydrogens (primary N) is 1. The molecule has 0 radical (unpaired) electrons. The minimum atomic E-state index is -0.747. The van der Waals surface area contributed by atoms with Gasteiger partial charge in [0.1, 0.15) is 0 Å². The summed E-state index contributed by atoms with van der Waals surface area (Å²) < 4.78 is 0. The molecule has 1 atom stereocenters. The molecule has 1 amide bonds. The summed E-state index contributed by atoms with van der Waals surface area (Å²) in [4.78, 5) is 13.7. The standard InChI is InChI=1S/C11H24N2O/c1-6-9(3)8-13(7-2)10(14)11(4,5)12/h9H,6-8,12H2,1-5H3. The Kier molecular flexibility index (Phi) is 5.13. The van der Waals surface area contributed by atoms with Crippen LogP contribution in [-0.4, -0.2) is 29.4 Å². The van der Waals surface area contributed by atoms with Crippen LogP contribution >= 0.6 is 0 Å². The molecule has 0 bridgehead atoms. The molecule has 0 fully saturated rings.